The maximum Gasteiger partial charge on any atom is 0.302 e. The molecule has 5 saturated carbocycles. The summed E-state index contributed by atoms with van der Waals surface area (Å²) in [5, 5.41) is 11.5. The molecule has 0 aromatic heterocycles. The largest absolute Gasteiger partial charge is 0.462 e. The van der Waals surface area contributed by atoms with Gasteiger partial charge in [-0.15, -0.1) is 0 Å². The third-order valence-corrected chi connectivity index (χ3v) is 9.99. The van der Waals surface area contributed by atoms with E-state index in [1.54, 1.807) is 6.92 Å². The number of nitrogens with zero attached hydrogens (tertiary/aromatic N) is 1. The molecule has 0 radical (unpaired) electrons. The lowest BCUT2D eigenvalue weighted by Gasteiger charge is -2.72. The topological polar surface area (TPSA) is 76.0 Å². The number of ether oxygens (including phenoxy) is 1. The molecule has 0 amide bonds. The van der Waals surface area contributed by atoms with E-state index in [9.17, 15) is 14.7 Å². The molecule has 0 unspecified atom stereocenters. The lowest BCUT2D eigenvalue weighted by molar-refractivity contribution is -0.247. The van der Waals surface area contributed by atoms with Gasteiger partial charge in [0.2, 0.25) is 0 Å². The lowest BCUT2D eigenvalue weighted by atomic mass is 9.34. The molecule has 30 heavy (non-hydrogen) atoms. The number of carbonyl (C=O) groups is 2. The van der Waals surface area contributed by atoms with Gasteiger partial charge in [0.05, 0.1) is 12.1 Å². The highest BCUT2D eigenvalue weighted by atomic mass is 16.5. The first-order valence-electron chi connectivity index (χ1n) is 11.7. The van der Waals surface area contributed by atoms with Crippen LogP contribution in [0.5, 0.6) is 0 Å². The Labute approximate surface area is 179 Å². The van der Waals surface area contributed by atoms with Crippen LogP contribution < -0.4 is 0 Å². The highest BCUT2D eigenvalue weighted by molar-refractivity contribution is 5.78. The molecule has 6 rings (SSSR count). The number of Topliss-reactive ketones (excluding diaryl/α,β-unsaturated/α-hetero) is 1. The third kappa shape index (κ3) is 2.42. The zero-order chi connectivity index (χ0) is 21.5. The predicted octanol–water partition coefficient (Wildman–Crippen LogP) is 3.88. The molecule has 6 aliphatic rings. The summed E-state index contributed by atoms with van der Waals surface area (Å²) in [6, 6.07) is 0.00104. The summed E-state index contributed by atoms with van der Waals surface area (Å²) in [5.74, 6) is 0.822. The zero-order valence-corrected chi connectivity index (χ0v) is 18.5. The Morgan fingerprint density at radius 1 is 1.23 bits per heavy atom. The molecule has 5 aliphatic carbocycles. The van der Waals surface area contributed by atoms with Crippen molar-refractivity contribution in [1.82, 2.24) is 0 Å². The van der Waals surface area contributed by atoms with Crippen molar-refractivity contribution >= 4 is 18.0 Å². The average Bonchev–Trinajstić information content (AvgIpc) is 2.68. The molecular weight excluding hydrogens is 378 g/mol. The summed E-state index contributed by atoms with van der Waals surface area (Å²) in [7, 11) is 0. The monoisotopic (exact) mass is 413 g/mol. The molecule has 5 heteroatoms. The van der Waals surface area contributed by atoms with Crippen molar-refractivity contribution in [2.75, 3.05) is 0 Å². The first kappa shape index (κ1) is 20.4. The minimum Gasteiger partial charge on any atom is -0.462 e. The Balaban J connectivity index is 1.66. The van der Waals surface area contributed by atoms with E-state index in [0.29, 0.717) is 18.3 Å². The fraction of sp³-hybridized carbons (Fsp3) is 0.800. The molecule has 1 heterocycles. The van der Waals surface area contributed by atoms with Gasteiger partial charge in [0.1, 0.15) is 11.9 Å². The van der Waals surface area contributed by atoms with E-state index >= 15 is 0 Å². The summed E-state index contributed by atoms with van der Waals surface area (Å²) in [6.45, 7) is 9.71. The van der Waals surface area contributed by atoms with E-state index in [4.69, 9.17) is 9.73 Å². The number of carbonyl (C=O) groups excluding carboxylic acids is 2. The van der Waals surface area contributed by atoms with E-state index in [2.05, 4.69) is 19.7 Å². The van der Waals surface area contributed by atoms with Gasteiger partial charge in [-0.2, -0.15) is 0 Å². The fourth-order valence-electron chi connectivity index (χ4n) is 8.77. The molecule has 1 N–H and O–H groups in total. The molecule has 1 spiro atoms. The van der Waals surface area contributed by atoms with Crippen molar-refractivity contribution in [3.63, 3.8) is 0 Å². The van der Waals surface area contributed by atoms with Crippen LogP contribution in [0, 0.1) is 34.0 Å². The minimum atomic E-state index is -0.619. The van der Waals surface area contributed by atoms with Gasteiger partial charge in [-0.05, 0) is 74.2 Å². The molecule has 0 aromatic carbocycles. The second-order valence-electron chi connectivity index (χ2n) is 11.2. The zero-order valence-electron chi connectivity index (χ0n) is 18.5. The fourth-order valence-corrected chi connectivity index (χ4v) is 8.77. The van der Waals surface area contributed by atoms with Crippen LogP contribution in [0.3, 0.4) is 0 Å². The van der Waals surface area contributed by atoms with E-state index in [0.717, 1.165) is 50.5 Å². The maximum absolute atomic E-state index is 12.1. The standard InChI is InChI=1S/C25H35NO4/c1-14(27)10-20-23(4)7-5-8-24(13-26-20)18(23)12-21(30-16(3)28)25-9-6-17(11-19(24)25)15(2)22(25)29/h13,17-22,29H,2,5-12H2,1,3-4H3/t17-,18-,19+,20-,21+,22-,23+,24+,25+/m0/s1. The van der Waals surface area contributed by atoms with Gasteiger partial charge in [-0.3, -0.25) is 14.6 Å². The van der Waals surface area contributed by atoms with Gasteiger partial charge < -0.3 is 9.84 Å². The van der Waals surface area contributed by atoms with Crippen molar-refractivity contribution in [3.05, 3.63) is 12.2 Å². The summed E-state index contributed by atoms with van der Waals surface area (Å²) in [4.78, 5) is 29.2. The molecule has 0 aromatic rings. The Hall–Kier alpha value is -1.49. The predicted molar refractivity (Wildman–Crippen MR) is 114 cm³/mol. The van der Waals surface area contributed by atoms with Crippen molar-refractivity contribution in [3.8, 4) is 0 Å². The van der Waals surface area contributed by atoms with Crippen molar-refractivity contribution in [2.24, 2.45) is 39.0 Å². The second-order valence-corrected chi connectivity index (χ2v) is 11.2. The Morgan fingerprint density at radius 3 is 2.70 bits per heavy atom. The van der Waals surface area contributed by atoms with Crippen molar-refractivity contribution in [2.45, 2.75) is 90.4 Å². The Morgan fingerprint density at radius 2 is 2.00 bits per heavy atom. The van der Waals surface area contributed by atoms with Gasteiger partial charge in [-0.1, -0.05) is 19.9 Å². The van der Waals surface area contributed by atoms with Gasteiger partial charge in [0, 0.05) is 30.4 Å². The number of esters is 1. The average molecular weight is 414 g/mol. The molecule has 9 atom stereocenters. The van der Waals surface area contributed by atoms with Crippen LogP contribution in [0.1, 0.15) is 72.1 Å². The summed E-state index contributed by atoms with van der Waals surface area (Å²) >= 11 is 0. The lowest BCUT2D eigenvalue weighted by Crippen LogP contribution is -2.72. The van der Waals surface area contributed by atoms with Gasteiger partial charge >= 0.3 is 5.97 Å². The first-order chi connectivity index (χ1) is 14.1. The van der Waals surface area contributed by atoms with E-state index in [1.807, 2.05) is 0 Å². The second kappa shape index (κ2) is 6.51. The Bertz CT molecular complexity index is 835. The quantitative estimate of drug-likeness (QED) is 0.563. The minimum absolute atomic E-state index is 0.00104. The number of ketones is 1. The normalized spacial score (nSPS) is 51.1. The number of aliphatic hydroxyl groups is 1. The SMILES string of the molecule is C=C1[C@H]2CC[C@]3([C@H](C2)[C@@]24C=N[C@@H](CC(C)=O)[C@](C)(CCC2)[C@@H]4C[C@H]3OC(C)=O)[C@H]1O. The third-order valence-electron chi connectivity index (χ3n) is 9.99. The van der Waals surface area contributed by atoms with Gasteiger partial charge in [0.15, 0.2) is 0 Å². The molecule has 0 saturated heterocycles. The highest BCUT2D eigenvalue weighted by Gasteiger charge is 2.73. The number of aliphatic hydroxyl groups excluding tert-OH is 1. The van der Waals surface area contributed by atoms with Crippen LogP contribution in [-0.4, -0.2) is 41.3 Å². The van der Waals surface area contributed by atoms with Gasteiger partial charge in [-0.25, -0.2) is 0 Å². The smallest absolute Gasteiger partial charge is 0.302 e. The number of fused-ring (bicyclic) bond motifs is 2. The first-order valence-corrected chi connectivity index (χ1v) is 11.7. The van der Waals surface area contributed by atoms with Crippen LogP contribution in [0.25, 0.3) is 0 Å². The number of aliphatic imine (C=N–C) groups is 1. The van der Waals surface area contributed by atoms with Crippen LogP contribution in [0.4, 0.5) is 0 Å². The van der Waals surface area contributed by atoms with E-state index in [1.165, 1.54) is 6.92 Å². The summed E-state index contributed by atoms with van der Waals surface area (Å²) in [5.41, 5.74) is 0.339. The van der Waals surface area contributed by atoms with Crippen LogP contribution in [-0.2, 0) is 14.3 Å². The molecule has 5 nitrogen and oxygen atoms in total. The van der Waals surface area contributed by atoms with Crippen molar-refractivity contribution in [1.29, 1.82) is 0 Å². The van der Waals surface area contributed by atoms with Crippen LogP contribution in [0.2, 0.25) is 0 Å². The van der Waals surface area contributed by atoms with Crippen LogP contribution >= 0.6 is 0 Å². The Kier molecular flexibility index (Phi) is 4.43. The molecular formula is C25H35NO4. The molecule has 4 bridgehead atoms. The molecule has 164 valence electrons. The van der Waals surface area contributed by atoms with Crippen molar-refractivity contribution < 1.29 is 19.4 Å². The van der Waals surface area contributed by atoms with E-state index < -0.39 is 11.5 Å². The molecule has 1 aliphatic heterocycles. The maximum atomic E-state index is 12.1. The summed E-state index contributed by atoms with van der Waals surface area (Å²) < 4.78 is 6.02. The molecule has 5 fully saturated rings. The number of hydrogen-bond acceptors (Lipinski definition) is 5. The summed E-state index contributed by atoms with van der Waals surface area (Å²) in [6.07, 6.45) is 8.69. The number of rotatable bonds is 3. The van der Waals surface area contributed by atoms with E-state index in [-0.39, 0.29) is 40.6 Å². The number of hydrogen-bond donors (Lipinski definition) is 1. The highest BCUT2D eigenvalue weighted by Crippen LogP contribution is 2.73. The van der Waals surface area contributed by atoms with Crippen LogP contribution in [0.15, 0.2) is 17.1 Å². The van der Waals surface area contributed by atoms with Gasteiger partial charge in [0.25, 0.3) is 0 Å².